The Morgan fingerprint density at radius 3 is 3.20 bits per heavy atom. The Labute approximate surface area is 58.3 Å². The van der Waals surface area contributed by atoms with Crippen LogP contribution in [0.1, 0.15) is 6.92 Å². The molecule has 1 aromatic rings. The second-order valence-corrected chi connectivity index (χ2v) is 1.83. The lowest BCUT2D eigenvalue weighted by atomic mass is 10.4. The zero-order valence-electron chi connectivity index (χ0n) is 5.72. The summed E-state index contributed by atoms with van der Waals surface area (Å²) in [5.74, 6) is 0. The van der Waals surface area contributed by atoms with E-state index in [1.165, 1.54) is 0 Å². The first-order valence-electron chi connectivity index (χ1n) is 3.12. The van der Waals surface area contributed by atoms with E-state index < -0.39 is 0 Å². The van der Waals surface area contributed by atoms with Crippen LogP contribution in [0.25, 0.3) is 0 Å². The Kier molecular flexibility index (Phi) is 2.04. The van der Waals surface area contributed by atoms with E-state index in [0.29, 0.717) is 5.69 Å². The van der Waals surface area contributed by atoms with Crippen molar-refractivity contribution in [2.24, 2.45) is 0 Å². The van der Waals surface area contributed by atoms with Crippen molar-refractivity contribution in [3.8, 4) is 0 Å². The summed E-state index contributed by atoms with van der Waals surface area (Å²) in [6.07, 6.45) is 1.54. The lowest BCUT2D eigenvalue weighted by molar-refractivity contribution is 0.983. The summed E-state index contributed by atoms with van der Waals surface area (Å²) in [5.41, 5.74) is 0.391. The summed E-state index contributed by atoms with van der Waals surface area (Å²) in [6, 6.07) is 1.64. The van der Waals surface area contributed by atoms with E-state index in [0.717, 1.165) is 6.54 Å². The fourth-order valence-electron chi connectivity index (χ4n) is 0.673. The minimum Gasteiger partial charge on any atom is -0.381 e. The molecule has 0 amide bonds. The molecule has 1 rings (SSSR count). The van der Waals surface area contributed by atoms with E-state index in [9.17, 15) is 4.79 Å². The first kappa shape index (κ1) is 6.80. The number of aromatic nitrogens is 2. The summed E-state index contributed by atoms with van der Waals surface area (Å²) in [6.45, 7) is 2.67. The zero-order chi connectivity index (χ0) is 7.40. The standard InChI is InChI=1S/C6H9N3O/c1-2-7-5-3-4-8-9-6(5)10/h3-4H,2H2,1H3,(H,7,8)(H,9,10). The fourth-order valence-corrected chi connectivity index (χ4v) is 0.673. The normalized spacial score (nSPS) is 9.30. The summed E-state index contributed by atoms with van der Waals surface area (Å²) in [4.78, 5) is 10.8. The maximum Gasteiger partial charge on any atom is 0.287 e. The summed E-state index contributed by atoms with van der Waals surface area (Å²) in [5, 5.41) is 8.76. The lowest BCUT2D eigenvalue weighted by Gasteiger charge is -1.97. The molecule has 0 radical (unpaired) electrons. The van der Waals surface area contributed by atoms with Gasteiger partial charge in [-0.25, -0.2) is 5.10 Å². The molecule has 2 N–H and O–H groups in total. The van der Waals surface area contributed by atoms with E-state index in [2.05, 4.69) is 15.5 Å². The summed E-state index contributed by atoms with van der Waals surface area (Å²) >= 11 is 0. The molecular weight excluding hydrogens is 130 g/mol. The molecule has 54 valence electrons. The topological polar surface area (TPSA) is 57.8 Å². The molecule has 10 heavy (non-hydrogen) atoms. The maximum absolute atomic E-state index is 10.8. The van der Waals surface area contributed by atoms with Gasteiger partial charge in [-0.05, 0) is 13.0 Å². The Bertz CT molecular complexity index is 255. The second kappa shape index (κ2) is 3.00. The fraction of sp³-hybridized carbons (Fsp3) is 0.333. The molecule has 0 aliphatic heterocycles. The smallest absolute Gasteiger partial charge is 0.287 e. The van der Waals surface area contributed by atoms with E-state index in [4.69, 9.17) is 0 Å². The number of hydrogen-bond acceptors (Lipinski definition) is 3. The number of aromatic amines is 1. The molecule has 0 unspecified atom stereocenters. The van der Waals surface area contributed by atoms with E-state index in [1.807, 2.05) is 6.92 Å². The molecule has 1 heterocycles. The van der Waals surface area contributed by atoms with Gasteiger partial charge in [-0.15, -0.1) is 0 Å². The number of nitrogens with one attached hydrogen (secondary N) is 2. The molecule has 0 atom stereocenters. The molecule has 1 aromatic heterocycles. The van der Waals surface area contributed by atoms with Crippen LogP contribution >= 0.6 is 0 Å². The van der Waals surface area contributed by atoms with Crippen LogP contribution in [-0.4, -0.2) is 16.7 Å². The average molecular weight is 139 g/mol. The first-order chi connectivity index (χ1) is 4.84. The third kappa shape index (κ3) is 1.34. The Morgan fingerprint density at radius 2 is 2.60 bits per heavy atom. The zero-order valence-corrected chi connectivity index (χ0v) is 5.72. The van der Waals surface area contributed by atoms with E-state index in [-0.39, 0.29) is 5.56 Å². The van der Waals surface area contributed by atoms with Crippen molar-refractivity contribution in [3.63, 3.8) is 0 Å². The van der Waals surface area contributed by atoms with Crippen LogP contribution in [0.3, 0.4) is 0 Å². The highest BCUT2D eigenvalue weighted by Crippen LogP contribution is 1.91. The Morgan fingerprint density at radius 1 is 1.80 bits per heavy atom. The van der Waals surface area contributed by atoms with Crippen molar-refractivity contribution in [1.29, 1.82) is 0 Å². The molecule has 0 bridgehead atoms. The number of anilines is 1. The first-order valence-corrected chi connectivity index (χ1v) is 3.12. The van der Waals surface area contributed by atoms with Crippen molar-refractivity contribution in [2.45, 2.75) is 6.92 Å². The van der Waals surface area contributed by atoms with Gasteiger partial charge < -0.3 is 5.32 Å². The predicted molar refractivity (Wildman–Crippen MR) is 39.0 cm³/mol. The number of nitrogens with zero attached hydrogens (tertiary/aromatic N) is 1. The van der Waals surface area contributed by atoms with Crippen LogP contribution in [0.2, 0.25) is 0 Å². The minimum atomic E-state index is -0.177. The van der Waals surface area contributed by atoms with Gasteiger partial charge in [0.2, 0.25) is 0 Å². The molecule has 0 saturated heterocycles. The molecule has 0 aromatic carbocycles. The van der Waals surface area contributed by atoms with Gasteiger partial charge in [0.15, 0.2) is 0 Å². The van der Waals surface area contributed by atoms with Crippen LogP contribution in [-0.2, 0) is 0 Å². The highest BCUT2D eigenvalue weighted by molar-refractivity contribution is 5.38. The SMILES string of the molecule is CCNc1ccn[nH]c1=O. The average Bonchev–Trinajstić information content (AvgIpc) is 1.94. The van der Waals surface area contributed by atoms with Gasteiger partial charge in [-0.2, -0.15) is 5.10 Å². The third-order valence-corrected chi connectivity index (χ3v) is 1.09. The van der Waals surface area contributed by atoms with E-state index >= 15 is 0 Å². The molecule has 4 heteroatoms. The van der Waals surface area contributed by atoms with Crippen molar-refractivity contribution < 1.29 is 0 Å². The van der Waals surface area contributed by atoms with Crippen LogP contribution in [0.4, 0.5) is 5.69 Å². The highest BCUT2D eigenvalue weighted by atomic mass is 16.1. The summed E-state index contributed by atoms with van der Waals surface area (Å²) in [7, 11) is 0. The van der Waals surface area contributed by atoms with Gasteiger partial charge in [0.25, 0.3) is 5.56 Å². The molecule has 0 spiro atoms. The van der Waals surface area contributed by atoms with Crippen LogP contribution in [0.15, 0.2) is 17.1 Å². The van der Waals surface area contributed by atoms with Crippen molar-refractivity contribution >= 4 is 5.69 Å². The van der Waals surface area contributed by atoms with Gasteiger partial charge in [0.1, 0.15) is 5.69 Å². The molecule has 0 aliphatic rings. The molecule has 0 fully saturated rings. The molecule has 0 saturated carbocycles. The molecule has 0 aliphatic carbocycles. The summed E-state index contributed by atoms with van der Waals surface area (Å²) < 4.78 is 0. The van der Waals surface area contributed by atoms with E-state index in [1.54, 1.807) is 12.3 Å². The van der Waals surface area contributed by atoms with Crippen molar-refractivity contribution in [1.82, 2.24) is 10.2 Å². The molecule has 4 nitrogen and oxygen atoms in total. The minimum absolute atomic E-state index is 0.177. The van der Waals surface area contributed by atoms with Crippen LogP contribution < -0.4 is 10.9 Å². The van der Waals surface area contributed by atoms with Gasteiger partial charge in [0.05, 0.1) is 0 Å². The highest BCUT2D eigenvalue weighted by Gasteiger charge is 1.92. The number of H-pyrrole nitrogens is 1. The van der Waals surface area contributed by atoms with Crippen LogP contribution in [0.5, 0.6) is 0 Å². The van der Waals surface area contributed by atoms with Gasteiger partial charge in [0, 0.05) is 12.7 Å². The largest absolute Gasteiger partial charge is 0.381 e. The quantitative estimate of drug-likeness (QED) is 0.615. The van der Waals surface area contributed by atoms with Crippen molar-refractivity contribution in [2.75, 3.05) is 11.9 Å². The van der Waals surface area contributed by atoms with Gasteiger partial charge >= 0.3 is 0 Å². The second-order valence-electron chi connectivity index (χ2n) is 1.83. The van der Waals surface area contributed by atoms with Gasteiger partial charge in [-0.3, -0.25) is 4.79 Å². The Balaban J connectivity index is 2.92. The predicted octanol–water partition coefficient (Wildman–Crippen LogP) is 0.202. The molecular formula is C6H9N3O. The number of rotatable bonds is 2. The monoisotopic (exact) mass is 139 g/mol. The van der Waals surface area contributed by atoms with Crippen LogP contribution in [0, 0.1) is 0 Å². The Hall–Kier alpha value is -1.32. The van der Waals surface area contributed by atoms with Crippen molar-refractivity contribution in [3.05, 3.63) is 22.6 Å². The third-order valence-electron chi connectivity index (χ3n) is 1.09. The number of hydrogen-bond donors (Lipinski definition) is 2. The lowest BCUT2D eigenvalue weighted by Crippen LogP contribution is -2.13. The maximum atomic E-state index is 10.8. The van der Waals surface area contributed by atoms with Gasteiger partial charge in [-0.1, -0.05) is 0 Å².